The number of fused-ring (bicyclic) bond motifs is 1. The summed E-state index contributed by atoms with van der Waals surface area (Å²) in [5.41, 5.74) is 5.41. The van der Waals surface area contributed by atoms with E-state index in [4.69, 9.17) is 15.7 Å². The van der Waals surface area contributed by atoms with Crippen LogP contribution in [0, 0.1) is 0 Å². The molecule has 0 aromatic rings. The summed E-state index contributed by atoms with van der Waals surface area (Å²) in [7, 11) is 0. The number of unbranched alkanes of at least 4 members (excludes halogenated alkanes) is 1. The van der Waals surface area contributed by atoms with E-state index in [2.05, 4.69) is 15.4 Å². The lowest BCUT2D eigenvalue weighted by Crippen LogP contribution is -2.49. The average Bonchev–Trinajstić information content (AvgIpc) is 2.89. The van der Waals surface area contributed by atoms with Crippen molar-refractivity contribution in [2.24, 2.45) is 10.9 Å². The van der Waals surface area contributed by atoms with Gasteiger partial charge < -0.3 is 21.0 Å². The molecule has 2 rings (SSSR count). The van der Waals surface area contributed by atoms with Crippen molar-refractivity contribution in [2.75, 3.05) is 32.8 Å². The van der Waals surface area contributed by atoms with E-state index in [9.17, 15) is 0 Å². The molecule has 2 heterocycles. The van der Waals surface area contributed by atoms with Crippen LogP contribution < -0.4 is 11.1 Å². The zero-order valence-corrected chi connectivity index (χ0v) is 11.6. The second-order valence-electron chi connectivity index (χ2n) is 5.50. The summed E-state index contributed by atoms with van der Waals surface area (Å²) in [6, 6.07) is 0.678. The van der Waals surface area contributed by atoms with Gasteiger partial charge in [-0.1, -0.05) is 5.16 Å². The normalized spacial score (nSPS) is 28.5. The zero-order chi connectivity index (χ0) is 13.5. The van der Waals surface area contributed by atoms with Gasteiger partial charge in [-0.3, -0.25) is 4.90 Å². The molecule has 2 unspecified atom stereocenters. The highest BCUT2D eigenvalue weighted by Gasteiger charge is 2.31. The van der Waals surface area contributed by atoms with Crippen LogP contribution in [0.2, 0.25) is 0 Å². The first kappa shape index (κ1) is 14.6. The first-order chi connectivity index (χ1) is 9.29. The van der Waals surface area contributed by atoms with Gasteiger partial charge in [-0.15, -0.1) is 0 Å². The van der Waals surface area contributed by atoms with Crippen LogP contribution in [0.25, 0.3) is 0 Å². The standard InChI is InChI=1S/C13H26N4O2/c14-13(16-18)5-1-2-6-15-8-12-9-17-7-3-4-11(17)10-19-12/h11-12,15,18H,1-10H2,(H2,14,16). The summed E-state index contributed by atoms with van der Waals surface area (Å²) >= 11 is 0. The number of oxime groups is 1. The molecule has 2 saturated heterocycles. The molecular formula is C13H26N4O2. The fraction of sp³-hybridized carbons (Fsp3) is 0.923. The Morgan fingerprint density at radius 2 is 2.37 bits per heavy atom. The smallest absolute Gasteiger partial charge is 0.139 e. The lowest BCUT2D eigenvalue weighted by Gasteiger charge is -2.35. The molecule has 0 amide bonds. The molecule has 19 heavy (non-hydrogen) atoms. The molecule has 6 nitrogen and oxygen atoms in total. The lowest BCUT2D eigenvalue weighted by molar-refractivity contribution is -0.0468. The Balaban J connectivity index is 1.49. The molecule has 0 aliphatic carbocycles. The molecule has 0 radical (unpaired) electrons. The Bertz CT molecular complexity index is 298. The highest BCUT2D eigenvalue weighted by atomic mass is 16.5. The Morgan fingerprint density at radius 3 is 3.21 bits per heavy atom. The minimum absolute atomic E-state index is 0.315. The van der Waals surface area contributed by atoms with Crippen molar-refractivity contribution in [3.8, 4) is 0 Å². The van der Waals surface area contributed by atoms with Gasteiger partial charge in [-0.25, -0.2) is 0 Å². The van der Waals surface area contributed by atoms with Gasteiger partial charge in [0, 0.05) is 25.6 Å². The molecule has 6 heteroatoms. The van der Waals surface area contributed by atoms with Crippen LogP contribution in [0.5, 0.6) is 0 Å². The predicted octanol–water partition coefficient (Wildman–Crippen LogP) is 0.356. The third-order valence-corrected chi connectivity index (χ3v) is 4.00. The summed E-state index contributed by atoms with van der Waals surface area (Å²) in [6.45, 7) is 5.09. The molecule has 110 valence electrons. The van der Waals surface area contributed by atoms with E-state index < -0.39 is 0 Å². The summed E-state index contributed by atoms with van der Waals surface area (Å²) in [4.78, 5) is 2.56. The van der Waals surface area contributed by atoms with Gasteiger partial charge >= 0.3 is 0 Å². The van der Waals surface area contributed by atoms with Crippen molar-refractivity contribution < 1.29 is 9.94 Å². The van der Waals surface area contributed by atoms with Crippen LogP contribution in [0.4, 0.5) is 0 Å². The van der Waals surface area contributed by atoms with Crippen molar-refractivity contribution in [3.63, 3.8) is 0 Å². The van der Waals surface area contributed by atoms with E-state index in [1.54, 1.807) is 0 Å². The number of rotatable bonds is 7. The molecular weight excluding hydrogens is 244 g/mol. The zero-order valence-electron chi connectivity index (χ0n) is 11.6. The van der Waals surface area contributed by atoms with E-state index in [-0.39, 0.29) is 0 Å². The van der Waals surface area contributed by atoms with Crippen molar-refractivity contribution in [1.29, 1.82) is 0 Å². The van der Waals surface area contributed by atoms with Crippen LogP contribution >= 0.6 is 0 Å². The third kappa shape index (κ3) is 4.63. The molecule has 0 spiro atoms. The topological polar surface area (TPSA) is 83.1 Å². The van der Waals surface area contributed by atoms with Crippen molar-refractivity contribution >= 4 is 5.84 Å². The number of nitrogens with two attached hydrogens (primary N) is 1. The van der Waals surface area contributed by atoms with Gasteiger partial charge in [0.1, 0.15) is 5.84 Å². The van der Waals surface area contributed by atoms with Crippen LogP contribution in [0.15, 0.2) is 5.16 Å². The maximum absolute atomic E-state index is 8.41. The molecule has 0 saturated carbocycles. The maximum atomic E-state index is 8.41. The Labute approximate surface area is 115 Å². The van der Waals surface area contributed by atoms with Crippen molar-refractivity contribution in [2.45, 2.75) is 44.2 Å². The van der Waals surface area contributed by atoms with Gasteiger partial charge in [0.05, 0.1) is 12.7 Å². The fourth-order valence-corrected chi connectivity index (χ4v) is 2.88. The highest BCUT2D eigenvalue weighted by Crippen LogP contribution is 2.22. The molecule has 0 aromatic heterocycles. The second kappa shape index (κ2) is 7.67. The lowest BCUT2D eigenvalue weighted by atomic mass is 10.2. The number of amidine groups is 1. The summed E-state index contributed by atoms with van der Waals surface area (Å²) in [5.74, 6) is 0.315. The molecule has 4 N–H and O–H groups in total. The van der Waals surface area contributed by atoms with Gasteiger partial charge in [0.2, 0.25) is 0 Å². The minimum atomic E-state index is 0.315. The molecule has 2 atom stereocenters. The predicted molar refractivity (Wildman–Crippen MR) is 74.5 cm³/mol. The Hall–Kier alpha value is -0.850. The molecule has 2 fully saturated rings. The number of morpholine rings is 1. The number of nitrogens with zero attached hydrogens (tertiary/aromatic N) is 2. The van der Waals surface area contributed by atoms with Crippen molar-refractivity contribution in [1.82, 2.24) is 10.2 Å². The number of hydrogen-bond donors (Lipinski definition) is 3. The first-order valence-corrected chi connectivity index (χ1v) is 7.32. The highest BCUT2D eigenvalue weighted by molar-refractivity contribution is 5.79. The second-order valence-corrected chi connectivity index (χ2v) is 5.50. The first-order valence-electron chi connectivity index (χ1n) is 7.32. The SMILES string of the molecule is NC(CCCCNCC1CN2CCCC2CO1)=NO. The summed E-state index contributed by atoms with van der Waals surface area (Å²) in [6.07, 6.45) is 5.60. The quantitative estimate of drug-likeness (QED) is 0.204. The van der Waals surface area contributed by atoms with E-state index in [0.717, 1.165) is 39.1 Å². The van der Waals surface area contributed by atoms with E-state index in [1.165, 1.54) is 19.4 Å². The monoisotopic (exact) mass is 270 g/mol. The maximum Gasteiger partial charge on any atom is 0.139 e. The number of nitrogens with one attached hydrogen (secondary N) is 1. The van der Waals surface area contributed by atoms with Gasteiger partial charge in [0.25, 0.3) is 0 Å². The van der Waals surface area contributed by atoms with E-state index in [1.807, 2.05) is 0 Å². The van der Waals surface area contributed by atoms with Crippen molar-refractivity contribution in [3.05, 3.63) is 0 Å². The fourth-order valence-electron chi connectivity index (χ4n) is 2.88. The molecule has 2 aliphatic heterocycles. The molecule has 0 aromatic carbocycles. The van der Waals surface area contributed by atoms with E-state index in [0.29, 0.717) is 24.4 Å². The molecule has 0 bridgehead atoms. The minimum Gasteiger partial charge on any atom is -0.409 e. The summed E-state index contributed by atoms with van der Waals surface area (Å²) < 4.78 is 5.88. The number of hydrogen-bond acceptors (Lipinski definition) is 5. The van der Waals surface area contributed by atoms with Crippen LogP contribution in [0.3, 0.4) is 0 Å². The largest absolute Gasteiger partial charge is 0.409 e. The summed E-state index contributed by atoms with van der Waals surface area (Å²) in [5, 5.41) is 14.8. The van der Waals surface area contributed by atoms with E-state index >= 15 is 0 Å². The Kier molecular flexibility index (Phi) is 5.88. The van der Waals surface area contributed by atoms with Crippen LogP contribution in [-0.4, -0.2) is 60.9 Å². The van der Waals surface area contributed by atoms with Crippen LogP contribution in [-0.2, 0) is 4.74 Å². The number of ether oxygens (including phenoxy) is 1. The Morgan fingerprint density at radius 1 is 1.47 bits per heavy atom. The van der Waals surface area contributed by atoms with Gasteiger partial charge in [0.15, 0.2) is 0 Å². The average molecular weight is 270 g/mol. The van der Waals surface area contributed by atoms with Gasteiger partial charge in [-0.2, -0.15) is 0 Å². The third-order valence-electron chi connectivity index (χ3n) is 4.00. The van der Waals surface area contributed by atoms with Crippen LogP contribution in [0.1, 0.15) is 32.1 Å². The molecule has 2 aliphatic rings. The van der Waals surface area contributed by atoms with Gasteiger partial charge in [-0.05, 0) is 38.8 Å².